The Morgan fingerprint density at radius 2 is 1.29 bits per heavy atom. The van der Waals surface area contributed by atoms with Crippen LogP contribution >= 0.6 is 24.0 Å². The molecular formula is C17H15FeNS2. The van der Waals surface area contributed by atoms with Gasteiger partial charge in [-0.3, -0.25) is 0 Å². The number of benzene rings is 1. The zero-order chi connectivity index (χ0) is 13.1. The van der Waals surface area contributed by atoms with Crippen LogP contribution in [0, 0.1) is 0 Å². The van der Waals surface area contributed by atoms with E-state index in [2.05, 4.69) is 17.6 Å². The summed E-state index contributed by atoms with van der Waals surface area (Å²) in [6, 6.07) is 8.03. The van der Waals surface area contributed by atoms with Crippen molar-refractivity contribution in [2.24, 2.45) is 0 Å². The first-order chi connectivity index (χ1) is 10.0. The molecule has 0 saturated carbocycles. The fourth-order valence-electron chi connectivity index (χ4n) is 16.7. The van der Waals surface area contributed by atoms with Gasteiger partial charge < -0.3 is 0 Å². The van der Waals surface area contributed by atoms with Gasteiger partial charge in [0.05, 0.1) is 10.2 Å². The Labute approximate surface area is 122 Å². The average Bonchev–Trinajstić information content (AvgIpc) is 3.39. The summed E-state index contributed by atoms with van der Waals surface area (Å²) >= 11 is 5.76. The van der Waals surface area contributed by atoms with E-state index in [1.165, 1.54) is 4.70 Å². The number of hydrogen-bond acceptors (Lipinski definition) is 3. The third-order valence-electron chi connectivity index (χ3n) is 15.8. The van der Waals surface area contributed by atoms with Gasteiger partial charge in [-0.25, -0.2) is 4.98 Å². The van der Waals surface area contributed by atoms with Crippen LogP contribution in [0.15, 0.2) is 28.6 Å². The van der Waals surface area contributed by atoms with Crippen LogP contribution in [0.4, 0.5) is 0 Å². The normalized spacial score (nSPS) is 94.5. The Hall–Kier alpha value is -0.0205. The van der Waals surface area contributed by atoms with Gasteiger partial charge in [0.1, 0.15) is 4.34 Å². The summed E-state index contributed by atoms with van der Waals surface area (Å²) in [6.07, 6.45) is 0. The van der Waals surface area contributed by atoms with Gasteiger partial charge in [-0.1, -0.05) is 12.1 Å². The molecule has 2 aromatic rings. The standard InChI is InChI=1S/C7H5NS2.2C5H5.Fe/c9-7-8-5-3-1-2-4-6(5)10-7;2*1-2-4-5-3-1;/h1-4H,(H,8,9);2*1-5H;. The topological polar surface area (TPSA) is 12.9 Å². The second-order valence-corrected chi connectivity index (χ2v) is 37.2. The molecule has 0 bridgehead atoms. The number of aromatic nitrogens is 1. The van der Waals surface area contributed by atoms with E-state index in [-0.39, 0.29) is 0 Å². The first-order valence-electron chi connectivity index (χ1n) is 8.28. The Balaban J connectivity index is 0.0000000775. The Morgan fingerprint density at radius 3 is 1.67 bits per heavy atom. The molecule has 10 fully saturated rings. The van der Waals surface area contributed by atoms with Crippen LogP contribution in [0.2, 0.25) is 48.2 Å². The Morgan fingerprint density at radius 1 is 0.810 bits per heavy atom. The van der Waals surface area contributed by atoms with Crippen molar-refractivity contribution in [2.45, 2.75) is 52.5 Å². The van der Waals surface area contributed by atoms with Crippen LogP contribution < -0.4 is 0 Å². The van der Waals surface area contributed by atoms with Crippen molar-refractivity contribution < 1.29 is 6.51 Å². The molecule has 1 aromatic carbocycles. The molecule has 12 rings (SSSR count). The molecule has 1 aromatic heterocycles. The SMILES string of the molecule is Sc1nc2ccccc2s1.[CH]12[CH]3[CH]4[CH]5[CH]1[Fe]23451678[CH]2[CH]1[CH]6[CH]7[CH]28. The third kappa shape index (κ3) is 0.135. The number of thiol groups is 1. The number of nitrogens with zero attached hydrogens (tertiary/aromatic N) is 1. The molecule has 10 aliphatic heterocycles. The van der Waals surface area contributed by atoms with E-state index in [0.29, 0.717) is 0 Å². The molecule has 11 heterocycles. The summed E-state index contributed by atoms with van der Waals surface area (Å²) in [7, 11) is 0. The number of fused-ring (bicyclic) bond motifs is 11. The van der Waals surface area contributed by atoms with Gasteiger partial charge in [0.15, 0.2) is 0 Å². The van der Waals surface area contributed by atoms with Gasteiger partial charge in [-0.15, -0.1) is 24.0 Å². The molecule has 0 aliphatic carbocycles. The number of hydrogen-bond donors (Lipinski definition) is 1. The molecule has 0 radical (unpaired) electrons. The predicted octanol–water partition coefficient (Wildman–Crippen LogP) is 5.96. The summed E-state index contributed by atoms with van der Waals surface area (Å²) in [6.45, 7) is -2.28. The first-order valence-corrected chi connectivity index (χ1v) is 15.9. The maximum absolute atomic E-state index is 4.20. The zero-order valence-electron chi connectivity index (χ0n) is 11.2. The molecule has 0 amide bonds. The molecule has 1 spiro atoms. The second kappa shape index (κ2) is 0.889. The molecule has 21 heavy (non-hydrogen) atoms. The molecule has 1 nitrogen and oxygen atoms in total. The van der Waals surface area contributed by atoms with Gasteiger partial charge in [0.2, 0.25) is 0 Å². The number of para-hydroxylation sites is 1. The van der Waals surface area contributed by atoms with E-state index < -0.39 is 6.51 Å². The van der Waals surface area contributed by atoms with Crippen molar-refractivity contribution in [3.8, 4) is 0 Å². The Kier molecular flexibility index (Phi) is 0.369. The van der Waals surface area contributed by atoms with Crippen molar-refractivity contribution in [3.05, 3.63) is 24.3 Å². The van der Waals surface area contributed by atoms with Gasteiger partial charge in [-0.2, -0.15) is 0 Å². The summed E-state index contributed by atoms with van der Waals surface area (Å²) in [4.78, 5) is 20.1. The van der Waals surface area contributed by atoms with Crippen molar-refractivity contribution in [3.63, 3.8) is 0 Å². The van der Waals surface area contributed by atoms with Crippen LogP contribution in [0.5, 0.6) is 0 Å². The van der Waals surface area contributed by atoms with E-state index in [4.69, 9.17) is 0 Å². The van der Waals surface area contributed by atoms with Gasteiger partial charge in [0.25, 0.3) is 0 Å². The van der Waals surface area contributed by atoms with Gasteiger partial charge in [0, 0.05) is 0 Å². The van der Waals surface area contributed by atoms with E-state index in [1.807, 2.05) is 24.3 Å². The second-order valence-electron chi connectivity index (χ2n) is 11.5. The van der Waals surface area contributed by atoms with E-state index >= 15 is 0 Å². The molecule has 10 aliphatic rings. The van der Waals surface area contributed by atoms with Crippen LogP contribution in [0.1, 0.15) is 0 Å². The van der Waals surface area contributed by atoms with Crippen molar-refractivity contribution >= 4 is 34.2 Å². The summed E-state index contributed by atoms with van der Waals surface area (Å²) in [5.41, 5.74) is 1.04. The van der Waals surface area contributed by atoms with E-state index in [0.717, 1.165) is 9.86 Å². The first kappa shape index (κ1) is 8.73. The molecule has 0 atom stereocenters. The fourth-order valence-corrected chi connectivity index (χ4v) is 90.0. The van der Waals surface area contributed by atoms with E-state index in [9.17, 15) is 0 Å². The summed E-state index contributed by atoms with van der Waals surface area (Å²) in [5, 5.41) is 0. The van der Waals surface area contributed by atoms with Crippen LogP contribution in [0.25, 0.3) is 10.2 Å². The van der Waals surface area contributed by atoms with Crippen molar-refractivity contribution in [1.82, 2.24) is 4.98 Å². The van der Waals surface area contributed by atoms with Crippen LogP contribution in [0.3, 0.4) is 0 Å². The number of thiazole rings is 1. The monoisotopic (exact) mass is 353 g/mol. The molecule has 108 valence electrons. The van der Waals surface area contributed by atoms with Crippen LogP contribution in [-0.4, -0.2) is 4.98 Å². The van der Waals surface area contributed by atoms with Crippen molar-refractivity contribution in [1.29, 1.82) is 0 Å². The third-order valence-corrected chi connectivity index (χ3v) is 59.0. The molecule has 4 heteroatoms. The molecule has 0 N–H and O–H groups in total. The minimum atomic E-state index is -2.28. The zero-order valence-corrected chi connectivity index (χ0v) is 14.1. The predicted molar refractivity (Wildman–Crippen MR) is 84.4 cm³/mol. The Bertz CT molecular complexity index is 1100. The average molecular weight is 353 g/mol. The van der Waals surface area contributed by atoms with Gasteiger partial charge in [-0.05, 0) is 12.1 Å². The van der Waals surface area contributed by atoms with E-state index in [1.54, 1.807) is 59.5 Å². The van der Waals surface area contributed by atoms with Gasteiger partial charge >= 0.3 is 54.7 Å². The minimum absolute atomic E-state index is 0.834. The maximum atomic E-state index is 4.20. The fraction of sp³-hybridized carbons (Fsp3) is 0.588. The summed E-state index contributed by atoms with van der Waals surface area (Å²) in [5.74, 6) is 0. The molecule has 0 unspecified atom stereocenters. The molecular weight excluding hydrogens is 338 g/mol. The molecule has 10 saturated heterocycles. The summed E-state index contributed by atoms with van der Waals surface area (Å²) < 4.78 is 2.04. The van der Waals surface area contributed by atoms with Crippen LogP contribution in [-0.2, 0) is 6.51 Å². The quantitative estimate of drug-likeness (QED) is 0.455. The van der Waals surface area contributed by atoms with Crippen molar-refractivity contribution in [2.75, 3.05) is 0 Å². The number of rotatable bonds is 0.